The first-order valence-electron chi connectivity index (χ1n) is 5.71. The Morgan fingerprint density at radius 1 is 1.50 bits per heavy atom. The Hall–Kier alpha value is -2.90. The van der Waals surface area contributed by atoms with Crippen molar-refractivity contribution in [3.05, 3.63) is 51.4 Å². The van der Waals surface area contributed by atoms with E-state index in [1.807, 2.05) is 0 Å². The van der Waals surface area contributed by atoms with Gasteiger partial charge in [-0.05, 0) is 19.1 Å². The van der Waals surface area contributed by atoms with E-state index in [1.54, 1.807) is 13.0 Å². The van der Waals surface area contributed by atoms with Gasteiger partial charge >= 0.3 is 0 Å². The number of nitrogens with one attached hydrogen (secondary N) is 1. The molecule has 0 fully saturated rings. The van der Waals surface area contributed by atoms with Crippen molar-refractivity contribution in [1.29, 1.82) is 0 Å². The predicted molar refractivity (Wildman–Crippen MR) is 70.2 cm³/mol. The number of hydrogen-bond acceptors (Lipinski definition) is 6. The van der Waals surface area contributed by atoms with E-state index in [-0.39, 0.29) is 23.5 Å². The van der Waals surface area contributed by atoms with E-state index < -0.39 is 10.8 Å². The lowest BCUT2D eigenvalue weighted by Crippen LogP contribution is -2.12. The standard InChI is InChI=1S/C12H12N4O4/c1-7-4-9(15-20-7)6-14-10-5-8(12(13)17)2-3-11(10)16(18)19/h2-5,14H,6H2,1H3,(H2,13,17). The molecule has 0 radical (unpaired) electrons. The van der Waals surface area contributed by atoms with Crippen LogP contribution in [-0.2, 0) is 6.54 Å². The van der Waals surface area contributed by atoms with Crippen molar-refractivity contribution in [3.63, 3.8) is 0 Å². The number of amides is 1. The third-order valence-electron chi connectivity index (χ3n) is 2.61. The Morgan fingerprint density at radius 2 is 2.25 bits per heavy atom. The largest absolute Gasteiger partial charge is 0.374 e. The maximum absolute atomic E-state index is 11.1. The Balaban J connectivity index is 2.25. The summed E-state index contributed by atoms with van der Waals surface area (Å²) in [6.07, 6.45) is 0. The van der Waals surface area contributed by atoms with E-state index in [1.165, 1.54) is 18.2 Å². The van der Waals surface area contributed by atoms with Crippen LogP contribution < -0.4 is 11.1 Å². The van der Waals surface area contributed by atoms with Gasteiger partial charge in [-0.1, -0.05) is 5.16 Å². The minimum Gasteiger partial charge on any atom is -0.374 e. The average Bonchev–Trinajstić information content (AvgIpc) is 2.81. The van der Waals surface area contributed by atoms with Crippen LogP contribution >= 0.6 is 0 Å². The highest BCUT2D eigenvalue weighted by molar-refractivity contribution is 5.94. The summed E-state index contributed by atoms with van der Waals surface area (Å²) in [5.41, 5.74) is 6.00. The second-order valence-electron chi connectivity index (χ2n) is 4.14. The maximum atomic E-state index is 11.1. The monoisotopic (exact) mass is 276 g/mol. The summed E-state index contributed by atoms with van der Waals surface area (Å²) in [5, 5.41) is 17.5. The fourth-order valence-electron chi connectivity index (χ4n) is 1.68. The summed E-state index contributed by atoms with van der Waals surface area (Å²) >= 11 is 0. The first-order valence-corrected chi connectivity index (χ1v) is 5.71. The number of hydrogen-bond donors (Lipinski definition) is 2. The first-order chi connectivity index (χ1) is 9.47. The van der Waals surface area contributed by atoms with Crippen LogP contribution in [0.2, 0.25) is 0 Å². The van der Waals surface area contributed by atoms with E-state index in [0.717, 1.165) is 0 Å². The Bertz CT molecular complexity index is 665. The van der Waals surface area contributed by atoms with E-state index in [4.69, 9.17) is 10.3 Å². The number of benzene rings is 1. The lowest BCUT2D eigenvalue weighted by molar-refractivity contribution is -0.384. The van der Waals surface area contributed by atoms with E-state index in [2.05, 4.69) is 10.5 Å². The van der Waals surface area contributed by atoms with Gasteiger partial charge in [0.25, 0.3) is 5.69 Å². The maximum Gasteiger partial charge on any atom is 0.292 e. The van der Waals surface area contributed by atoms with Crippen LogP contribution in [0, 0.1) is 17.0 Å². The van der Waals surface area contributed by atoms with E-state index >= 15 is 0 Å². The van der Waals surface area contributed by atoms with Crippen molar-refractivity contribution in [2.24, 2.45) is 5.73 Å². The van der Waals surface area contributed by atoms with Crippen molar-refractivity contribution >= 4 is 17.3 Å². The van der Waals surface area contributed by atoms with Crippen molar-refractivity contribution in [3.8, 4) is 0 Å². The number of nitro benzene ring substituents is 1. The van der Waals surface area contributed by atoms with Gasteiger partial charge in [-0.3, -0.25) is 14.9 Å². The van der Waals surface area contributed by atoms with Gasteiger partial charge in [-0.2, -0.15) is 0 Å². The molecule has 1 aromatic carbocycles. The van der Waals surface area contributed by atoms with Gasteiger partial charge < -0.3 is 15.6 Å². The summed E-state index contributed by atoms with van der Waals surface area (Å²) in [5.74, 6) is -0.0117. The zero-order valence-electron chi connectivity index (χ0n) is 10.6. The van der Waals surface area contributed by atoms with Gasteiger partial charge in [0.05, 0.1) is 11.5 Å². The first kappa shape index (κ1) is 13.5. The van der Waals surface area contributed by atoms with Crippen LogP contribution in [0.1, 0.15) is 21.8 Å². The summed E-state index contributed by atoms with van der Waals surface area (Å²) in [6.45, 7) is 1.98. The second-order valence-corrected chi connectivity index (χ2v) is 4.14. The number of aryl methyl sites for hydroxylation is 1. The molecule has 0 bridgehead atoms. The summed E-state index contributed by atoms with van der Waals surface area (Å²) in [7, 11) is 0. The molecule has 8 heteroatoms. The summed E-state index contributed by atoms with van der Waals surface area (Å²) in [6, 6.07) is 5.59. The molecular weight excluding hydrogens is 264 g/mol. The quantitative estimate of drug-likeness (QED) is 0.631. The zero-order chi connectivity index (χ0) is 14.7. The molecule has 0 atom stereocenters. The summed E-state index contributed by atoms with van der Waals surface area (Å²) < 4.78 is 4.89. The number of nitrogens with zero attached hydrogens (tertiary/aromatic N) is 2. The minimum absolute atomic E-state index is 0.143. The van der Waals surface area contributed by atoms with Crippen LogP contribution in [0.5, 0.6) is 0 Å². The molecule has 2 aromatic rings. The third kappa shape index (κ3) is 2.91. The topological polar surface area (TPSA) is 124 Å². The number of aromatic nitrogens is 1. The Morgan fingerprint density at radius 3 is 2.80 bits per heavy atom. The molecule has 0 aliphatic carbocycles. The highest BCUT2D eigenvalue weighted by Crippen LogP contribution is 2.25. The SMILES string of the molecule is Cc1cc(CNc2cc(C(N)=O)ccc2[N+](=O)[O-])no1. The number of nitro groups is 1. The van der Waals surface area contributed by atoms with Gasteiger partial charge in [-0.15, -0.1) is 0 Å². The van der Waals surface area contributed by atoms with Crippen molar-refractivity contribution in [1.82, 2.24) is 5.16 Å². The highest BCUT2D eigenvalue weighted by atomic mass is 16.6. The molecule has 0 unspecified atom stereocenters. The molecule has 20 heavy (non-hydrogen) atoms. The molecule has 0 spiro atoms. The van der Waals surface area contributed by atoms with Gasteiger partial charge in [0.1, 0.15) is 17.1 Å². The summed E-state index contributed by atoms with van der Waals surface area (Å²) in [4.78, 5) is 21.5. The highest BCUT2D eigenvalue weighted by Gasteiger charge is 2.16. The lowest BCUT2D eigenvalue weighted by Gasteiger charge is -2.06. The van der Waals surface area contributed by atoms with E-state index in [0.29, 0.717) is 11.5 Å². The number of carbonyl (C=O) groups is 1. The van der Waals surface area contributed by atoms with Crippen LogP contribution in [-0.4, -0.2) is 16.0 Å². The van der Waals surface area contributed by atoms with Gasteiger partial charge in [0, 0.05) is 17.7 Å². The minimum atomic E-state index is -0.653. The normalized spacial score (nSPS) is 10.2. The number of anilines is 1. The molecule has 0 aliphatic rings. The van der Waals surface area contributed by atoms with Gasteiger partial charge in [0.2, 0.25) is 5.91 Å². The number of rotatable bonds is 5. The number of carbonyl (C=O) groups excluding carboxylic acids is 1. The van der Waals surface area contributed by atoms with E-state index in [9.17, 15) is 14.9 Å². The molecule has 1 aromatic heterocycles. The molecule has 1 amide bonds. The molecule has 104 valence electrons. The van der Waals surface area contributed by atoms with Crippen molar-refractivity contribution in [2.75, 3.05) is 5.32 Å². The fourth-order valence-corrected chi connectivity index (χ4v) is 1.68. The number of nitrogens with two attached hydrogens (primary N) is 1. The smallest absolute Gasteiger partial charge is 0.292 e. The van der Waals surface area contributed by atoms with Gasteiger partial charge in [0.15, 0.2) is 0 Å². The van der Waals surface area contributed by atoms with Crippen LogP contribution in [0.15, 0.2) is 28.8 Å². The molecule has 3 N–H and O–H groups in total. The average molecular weight is 276 g/mol. The number of primary amides is 1. The molecule has 0 saturated carbocycles. The Kier molecular flexibility index (Phi) is 3.65. The fraction of sp³-hybridized carbons (Fsp3) is 0.167. The zero-order valence-corrected chi connectivity index (χ0v) is 10.6. The van der Waals surface area contributed by atoms with Crippen LogP contribution in [0.3, 0.4) is 0 Å². The Labute approximate surface area is 113 Å². The molecule has 0 aliphatic heterocycles. The predicted octanol–water partition coefficient (Wildman–Crippen LogP) is 1.60. The van der Waals surface area contributed by atoms with Gasteiger partial charge in [-0.25, -0.2) is 0 Å². The van der Waals surface area contributed by atoms with Crippen LogP contribution in [0.25, 0.3) is 0 Å². The molecule has 8 nitrogen and oxygen atoms in total. The molecule has 0 saturated heterocycles. The second kappa shape index (κ2) is 5.39. The van der Waals surface area contributed by atoms with Crippen LogP contribution in [0.4, 0.5) is 11.4 Å². The molecule has 2 rings (SSSR count). The van der Waals surface area contributed by atoms with Crippen molar-refractivity contribution < 1.29 is 14.2 Å². The third-order valence-corrected chi connectivity index (χ3v) is 2.61. The lowest BCUT2D eigenvalue weighted by atomic mass is 10.1. The molecular formula is C12H12N4O4. The molecule has 1 heterocycles. The van der Waals surface area contributed by atoms with Crippen molar-refractivity contribution in [2.45, 2.75) is 13.5 Å².